The molecule has 15 heavy (non-hydrogen) atoms. The minimum absolute atomic E-state index is 0.253. The van der Waals surface area contributed by atoms with E-state index >= 15 is 0 Å². The first kappa shape index (κ1) is 12.6. The Labute approximate surface area is 97.4 Å². The van der Waals surface area contributed by atoms with Crippen LogP contribution in [0.4, 0.5) is 0 Å². The van der Waals surface area contributed by atoms with E-state index in [1.54, 1.807) is 0 Å². The fraction of sp³-hybridized carbons (Fsp3) is 0.538. The highest BCUT2D eigenvalue weighted by Crippen LogP contribution is 2.20. The van der Waals surface area contributed by atoms with Crippen molar-refractivity contribution in [2.45, 2.75) is 44.0 Å². The molecule has 1 atom stereocenters. The van der Waals surface area contributed by atoms with E-state index in [0.29, 0.717) is 0 Å². The molecule has 0 fully saturated rings. The van der Waals surface area contributed by atoms with Gasteiger partial charge in [0.05, 0.1) is 0 Å². The molecule has 0 aliphatic rings. The number of rotatable bonds is 6. The van der Waals surface area contributed by atoms with Crippen LogP contribution < -0.4 is 5.73 Å². The Kier molecular flexibility index (Phi) is 5.81. The quantitative estimate of drug-likeness (QED) is 0.590. The summed E-state index contributed by atoms with van der Waals surface area (Å²) in [6.45, 7) is 4.27. The summed E-state index contributed by atoms with van der Waals surface area (Å²) in [5.41, 5.74) is 7.09. The molecule has 0 radical (unpaired) electrons. The van der Waals surface area contributed by atoms with E-state index in [1.807, 2.05) is 18.7 Å². The highest BCUT2D eigenvalue weighted by molar-refractivity contribution is 7.99. The van der Waals surface area contributed by atoms with Crippen LogP contribution in [0.15, 0.2) is 29.2 Å². The van der Waals surface area contributed by atoms with Gasteiger partial charge in [-0.3, -0.25) is 0 Å². The zero-order chi connectivity index (χ0) is 11.1. The fourth-order valence-corrected chi connectivity index (χ4v) is 2.43. The monoisotopic (exact) mass is 223 g/mol. The van der Waals surface area contributed by atoms with E-state index in [9.17, 15) is 0 Å². The first-order chi connectivity index (χ1) is 7.22. The normalized spacial score (nSPS) is 12.7. The van der Waals surface area contributed by atoms with Crippen LogP contribution in [0, 0.1) is 0 Å². The molecule has 1 unspecified atom stereocenters. The third kappa shape index (κ3) is 5.24. The molecule has 2 heteroatoms. The van der Waals surface area contributed by atoms with Crippen LogP contribution in [0.25, 0.3) is 0 Å². The molecule has 1 aromatic carbocycles. The number of benzene rings is 1. The topological polar surface area (TPSA) is 26.0 Å². The van der Waals surface area contributed by atoms with Crippen molar-refractivity contribution < 1.29 is 0 Å². The van der Waals surface area contributed by atoms with Crippen molar-refractivity contribution >= 4 is 11.8 Å². The third-order valence-corrected chi connectivity index (χ3v) is 3.35. The summed E-state index contributed by atoms with van der Waals surface area (Å²) in [5, 5.41) is 0. The van der Waals surface area contributed by atoms with E-state index < -0.39 is 0 Å². The van der Waals surface area contributed by atoms with Crippen molar-refractivity contribution in [2.24, 2.45) is 5.73 Å². The predicted octanol–water partition coefficient (Wildman–Crippen LogP) is 3.47. The molecule has 0 saturated carbocycles. The molecule has 0 aliphatic carbocycles. The lowest BCUT2D eigenvalue weighted by molar-refractivity contribution is 0.737. The molecule has 0 heterocycles. The van der Waals surface area contributed by atoms with Crippen LogP contribution in [0.1, 0.15) is 32.3 Å². The molecule has 0 aromatic heterocycles. The Balaban J connectivity index is 2.42. The van der Waals surface area contributed by atoms with Crippen LogP contribution in [0.5, 0.6) is 0 Å². The molecule has 1 nitrogen and oxygen atoms in total. The fourth-order valence-electron chi connectivity index (χ4n) is 1.43. The molecule has 2 N–H and O–H groups in total. The average molecular weight is 223 g/mol. The molecule has 1 aromatic rings. The van der Waals surface area contributed by atoms with Gasteiger partial charge in [-0.15, -0.1) is 11.8 Å². The Morgan fingerprint density at radius 3 is 2.47 bits per heavy atom. The Morgan fingerprint density at radius 2 is 1.93 bits per heavy atom. The summed E-state index contributed by atoms with van der Waals surface area (Å²) in [4.78, 5) is 1.37. The van der Waals surface area contributed by atoms with Gasteiger partial charge in [0, 0.05) is 10.9 Å². The molecule has 0 saturated heterocycles. The van der Waals surface area contributed by atoms with Gasteiger partial charge >= 0.3 is 0 Å². The van der Waals surface area contributed by atoms with E-state index in [4.69, 9.17) is 5.73 Å². The minimum atomic E-state index is 0.253. The Bertz CT molecular complexity index is 266. The van der Waals surface area contributed by atoms with Gasteiger partial charge in [0.2, 0.25) is 0 Å². The molecule has 0 aliphatic heterocycles. The summed E-state index contributed by atoms with van der Waals surface area (Å²) in [6.07, 6.45) is 3.54. The average Bonchev–Trinajstić information content (AvgIpc) is 2.20. The summed E-state index contributed by atoms with van der Waals surface area (Å²) in [6, 6.07) is 9.05. The highest BCUT2D eigenvalue weighted by atomic mass is 32.2. The van der Waals surface area contributed by atoms with Gasteiger partial charge in [-0.2, -0.15) is 0 Å². The van der Waals surface area contributed by atoms with Crippen LogP contribution in [0.3, 0.4) is 0 Å². The SMILES string of the molecule is CCCCSc1ccc(CC(C)N)cc1. The predicted molar refractivity (Wildman–Crippen MR) is 69.4 cm³/mol. The lowest BCUT2D eigenvalue weighted by atomic mass is 10.1. The first-order valence-corrected chi connectivity index (χ1v) is 6.68. The van der Waals surface area contributed by atoms with E-state index in [1.165, 1.54) is 29.1 Å². The summed E-state index contributed by atoms with van der Waals surface area (Å²) in [7, 11) is 0. The highest BCUT2D eigenvalue weighted by Gasteiger charge is 1.98. The van der Waals surface area contributed by atoms with Gasteiger partial charge in [-0.1, -0.05) is 25.5 Å². The van der Waals surface area contributed by atoms with Gasteiger partial charge in [0.1, 0.15) is 0 Å². The maximum Gasteiger partial charge on any atom is 0.00721 e. The second-order valence-electron chi connectivity index (χ2n) is 4.03. The smallest absolute Gasteiger partial charge is 0.00721 e. The second-order valence-corrected chi connectivity index (χ2v) is 5.20. The van der Waals surface area contributed by atoms with Crippen molar-refractivity contribution in [3.05, 3.63) is 29.8 Å². The van der Waals surface area contributed by atoms with Crippen molar-refractivity contribution in [3.8, 4) is 0 Å². The maximum atomic E-state index is 5.76. The lowest BCUT2D eigenvalue weighted by Crippen LogP contribution is -2.17. The zero-order valence-corrected chi connectivity index (χ0v) is 10.5. The van der Waals surface area contributed by atoms with E-state index in [0.717, 1.165) is 6.42 Å². The van der Waals surface area contributed by atoms with Crippen LogP contribution in [-0.4, -0.2) is 11.8 Å². The minimum Gasteiger partial charge on any atom is -0.328 e. The molecule has 0 bridgehead atoms. The number of hydrogen-bond acceptors (Lipinski definition) is 2. The molecular weight excluding hydrogens is 202 g/mol. The van der Waals surface area contributed by atoms with E-state index in [-0.39, 0.29) is 6.04 Å². The number of hydrogen-bond donors (Lipinski definition) is 1. The summed E-state index contributed by atoms with van der Waals surface area (Å²) in [5.74, 6) is 1.23. The Morgan fingerprint density at radius 1 is 1.27 bits per heavy atom. The number of unbranched alkanes of at least 4 members (excludes halogenated alkanes) is 1. The molecule has 84 valence electrons. The van der Waals surface area contributed by atoms with Gasteiger partial charge < -0.3 is 5.73 Å². The van der Waals surface area contributed by atoms with Crippen LogP contribution in [-0.2, 0) is 6.42 Å². The van der Waals surface area contributed by atoms with Crippen molar-refractivity contribution in [1.29, 1.82) is 0 Å². The lowest BCUT2D eigenvalue weighted by Gasteiger charge is -2.06. The zero-order valence-electron chi connectivity index (χ0n) is 9.70. The van der Waals surface area contributed by atoms with Gasteiger partial charge in [-0.05, 0) is 43.2 Å². The van der Waals surface area contributed by atoms with Crippen molar-refractivity contribution in [2.75, 3.05) is 5.75 Å². The molecule has 0 amide bonds. The van der Waals surface area contributed by atoms with Gasteiger partial charge in [-0.25, -0.2) is 0 Å². The first-order valence-electron chi connectivity index (χ1n) is 5.69. The Hall–Kier alpha value is -0.470. The molecule has 1 rings (SSSR count). The maximum absolute atomic E-state index is 5.76. The van der Waals surface area contributed by atoms with Crippen LogP contribution >= 0.6 is 11.8 Å². The van der Waals surface area contributed by atoms with Gasteiger partial charge in [0.15, 0.2) is 0 Å². The van der Waals surface area contributed by atoms with Crippen molar-refractivity contribution in [1.82, 2.24) is 0 Å². The van der Waals surface area contributed by atoms with Crippen LogP contribution in [0.2, 0.25) is 0 Å². The van der Waals surface area contributed by atoms with E-state index in [2.05, 4.69) is 31.2 Å². The third-order valence-electron chi connectivity index (χ3n) is 2.25. The molecule has 0 spiro atoms. The second kappa shape index (κ2) is 6.91. The number of nitrogens with two attached hydrogens (primary N) is 1. The number of thioether (sulfide) groups is 1. The summed E-state index contributed by atoms with van der Waals surface area (Å²) < 4.78 is 0. The standard InChI is InChI=1S/C13H21NS/c1-3-4-9-15-13-7-5-12(6-8-13)10-11(2)14/h5-8,11H,3-4,9-10,14H2,1-2H3. The molecular formula is C13H21NS. The van der Waals surface area contributed by atoms with Crippen molar-refractivity contribution in [3.63, 3.8) is 0 Å². The summed E-state index contributed by atoms with van der Waals surface area (Å²) >= 11 is 1.94. The van der Waals surface area contributed by atoms with Gasteiger partial charge in [0.25, 0.3) is 0 Å². The largest absolute Gasteiger partial charge is 0.328 e.